The second kappa shape index (κ2) is 6.46. The number of hydrogen-bond donors (Lipinski definition) is 3. The van der Waals surface area contributed by atoms with Crippen molar-refractivity contribution in [1.29, 1.82) is 0 Å². The van der Waals surface area contributed by atoms with Crippen molar-refractivity contribution in [3.63, 3.8) is 0 Å². The molecule has 0 aliphatic rings. The molecule has 18 heavy (non-hydrogen) atoms. The Bertz CT molecular complexity index is 384. The van der Waals surface area contributed by atoms with Gasteiger partial charge in [-0.05, 0) is 0 Å². The summed E-state index contributed by atoms with van der Waals surface area (Å²) in [5.74, 6) is 0.459. The zero-order valence-electron chi connectivity index (χ0n) is 11.0. The zero-order chi connectivity index (χ0) is 13.6. The number of aliphatic hydroxyl groups is 1. The van der Waals surface area contributed by atoms with E-state index in [0.29, 0.717) is 19.0 Å². The van der Waals surface area contributed by atoms with Crippen LogP contribution in [0.25, 0.3) is 0 Å². The predicted molar refractivity (Wildman–Crippen MR) is 65.3 cm³/mol. The molecular weight excluding hydrogens is 236 g/mol. The summed E-state index contributed by atoms with van der Waals surface area (Å²) in [6, 6.07) is 0. The zero-order valence-corrected chi connectivity index (χ0v) is 11.0. The number of ether oxygens (including phenoxy) is 1. The van der Waals surface area contributed by atoms with E-state index in [0.717, 1.165) is 0 Å². The maximum absolute atomic E-state index is 11.7. The van der Waals surface area contributed by atoms with E-state index in [-0.39, 0.29) is 30.4 Å². The van der Waals surface area contributed by atoms with Gasteiger partial charge in [-0.3, -0.25) is 9.89 Å². The summed E-state index contributed by atoms with van der Waals surface area (Å²) in [4.78, 5) is 15.8. The first-order valence-corrected chi connectivity index (χ1v) is 5.85. The highest BCUT2D eigenvalue weighted by molar-refractivity contribution is 5.90. The highest BCUT2D eigenvalue weighted by atomic mass is 16.5. The molecule has 1 aromatic heterocycles. The summed E-state index contributed by atoms with van der Waals surface area (Å²) < 4.78 is 5.02. The van der Waals surface area contributed by atoms with E-state index in [1.807, 2.05) is 20.8 Å². The Hall–Kier alpha value is -1.47. The van der Waals surface area contributed by atoms with Gasteiger partial charge in [-0.2, -0.15) is 0 Å². The molecule has 0 spiro atoms. The fourth-order valence-corrected chi connectivity index (χ4v) is 1.18. The third kappa shape index (κ3) is 4.42. The Labute approximate surface area is 106 Å². The maximum atomic E-state index is 11.7. The monoisotopic (exact) mass is 256 g/mol. The first kappa shape index (κ1) is 14.6. The molecular formula is C11H20N4O3. The van der Waals surface area contributed by atoms with Gasteiger partial charge in [0.25, 0.3) is 5.91 Å². The van der Waals surface area contributed by atoms with E-state index in [2.05, 4.69) is 20.5 Å². The second-order valence-corrected chi connectivity index (χ2v) is 4.85. The third-order valence-corrected chi connectivity index (χ3v) is 2.17. The SMILES string of the molecule is CC(C)(C)c1nc(C(=O)NCCOCCO)n[nH]1. The lowest BCUT2D eigenvalue weighted by molar-refractivity contribution is 0.0832. The molecule has 0 unspecified atom stereocenters. The van der Waals surface area contributed by atoms with Crippen LogP contribution in [0.5, 0.6) is 0 Å². The van der Waals surface area contributed by atoms with Crippen molar-refractivity contribution in [2.24, 2.45) is 0 Å². The van der Waals surface area contributed by atoms with Gasteiger partial charge in [-0.15, -0.1) is 5.10 Å². The molecule has 0 bridgehead atoms. The van der Waals surface area contributed by atoms with Crippen LogP contribution in [0.3, 0.4) is 0 Å². The summed E-state index contributed by atoms with van der Waals surface area (Å²) >= 11 is 0. The standard InChI is InChI=1S/C11H20N4O3/c1-11(2,3)10-13-8(14-15-10)9(17)12-4-6-18-7-5-16/h16H,4-7H2,1-3H3,(H,12,17)(H,13,14,15). The normalized spacial score (nSPS) is 11.6. The molecule has 0 fully saturated rings. The molecule has 102 valence electrons. The lowest BCUT2D eigenvalue weighted by Crippen LogP contribution is -2.28. The Kier molecular flexibility index (Phi) is 5.24. The molecule has 3 N–H and O–H groups in total. The quantitative estimate of drug-likeness (QED) is 0.614. The highest BCUT2D eigenvalue weighted by Crippen LogP contribution is 2.17. The molecule has 0 aliphatic carbocycles. The van der Waals surface area contributed by atoms with E-state index in [1.54, 1.807) is 0 Å². The van der Waals surface area contributed by atoms with Crippen LogP contribution in [0.15, 0.2) is 0 Å². The van der Waals surface area contributed by atoms with E-state index >= 15 is 0 Å². The van der Waals surface area contributed by atoms with Crippen molar-refractivity contribution < 1.29 is 14.6 Å². The first-order valence-electron chi connectivity index (χ1n) is 5.85. The first-order chi connectivity index (χ1) is 8.45. The van der Waals surface area contributed by atoms with Gasteiger partial charge in [0.15, 0.2) is 0 Å². The number of amides is 1. The van der Waals surface area contributed by atoms with E-state index < -0.39 is 0 Å². The molecule has 1 rings (SSSR count). The Morgan fingerprint density at radius 1 is 1.44 bits per heavy atom. The van der Waals surface area contributed by atoms with Crippen molar-refractivity contribution in [2.75, 3.05) is 26.4 Å². The summed E-state index contributed by atoms with van der Waals surface area (Å²) in [7, 11) is 0. The lowest BCUT2D eigenvalue weighted by Gasteiger charge is -2.12. The summed E-state index contributed by atoms with van der Waals surface area (Å²) in [6.45, 7) is 6.91. The predicted octanol–water partition coefficient (Wildman–Crippen LogP) is -0.159. The van der Waals surface area contributed by atoms with Gasteiger partial charge in [0.2, 0.25) is 5.82 Å². The fraction of sp³-hybridized carbons (Fsp3) is 0.727. The number of aliphatic hydroxyl groups excluding tert-OH is 1. The Balaban J connectivity index is 2.40. The maximum Gasteiger partial charge on any atom is 0.291 e. The Morgan fingerprint density at radius 3 is 2.72 bits per heavy atom. The van der Waals surface area contributed by atoms with Crippen LogP contribution in [0, 0.1) is 0 Å². The molecule has 0 saturated carbocycles. The number of hydrogen-bond acceptors (Lipinski definition) is 5. The van der Waals surface area contributed by atoms with Crippen molar-refractivity contribution in [1.82, 2.24) is 20.5 Å². The number of nitrogens with zero attached hydrogens (tertiary/aromatic N) is 2. The van der Waals surface area contributed by atoms with Gasteiger partial charge in [-0.25, -0.2) is 4.98 Å². The number of H-pyrrole nitrogens is 1. The van der Waals surface area contributed by atoms with Crippen molar-refractivity contribution in [2.45, 2.75) is 26.2 Å². The molecule has 1 amide bonds. The number of carbonyl (C=O) groups excluding carboxylic acids is 1. The molecule has 7 heteroatoms. The number of aromatic amines is 1. The van der Waals surface area contributed by atoms with Crippen LogP contribution in [0.1, 0.15) is 37.2 Å². The molecule has 7 nitrogen and oxygen atoms in total. The number of rotatable bonds is 6. The summed E-state index contributed by atoms with van der Waals surface area (Å²) in [5.41, 5.74) is -0.171. The van der Waals surface area contributed by atoms with Gasteiger partial charge in [0.05, 0.1) is 19.8 Å². The lowest BCUT2D eigenvalue weighted by atomic mass is 9.96. The van der Waals surface area contributed by atoms with Crippen LogP contribution in [-0.2, 0) is 10.2 Å². The van der Waals surface area contributed by atoms with Gasteiger partial charge in [0.1, 0.15) is 5.82 Å². The third-order valence-electron chi connectivity index (χ3n) is 2.17. The smallest absolute Gasteiger partial charge is 0.291 e. The van der Waals surface area contributed by atoms with Crippen molar-refractivity contribution >= 4 is 5.91 Å². The average molecular weight is 256 g/mol. The van der Waals surface area contributed by atoms with E-state index in [9.17, 15) is 4.79 Å². The minimum Gasteiger partial charge on any atom is -0.394 e. The molecule has 1 heterocycles. The van der Waals surface area contributed by atoms with E-state index in [4.69, 9.17) is 9.84 Å². The number of nitrogens with one attached hydrogen (secondary N) is 2. The van der Waals surface area contributed by atoms with Crippen molar-refractivity contribution in [3.05, 3.63) is 11.6 Å². The van der Waals surface area contributed by atoms with Crippen LogP contribution in [-0.4, -0.2) is 52.6 Å². The summed E-state index contributed by atoms with van der Waals surface area (Å²) in [6.07, 6.45) is 0. The molecule has 0 aliphatic heterocycles. The second-order valence-electron chi connectivity index (χ2n) is 4.85. The van der Waals surface area contributed by atoms with Crippen LogP contribution < -0.4 is 5.32 Å². The van der Waals surface area contributed by atoms with Gasteiger partial charge in [-0.1, -0.05) is 20.8 Å². The average Bonchev–Trinajstić information content (AvgIpc) is 2.77. The van der Waals surface area contributed by atoms with Crippen molar-refractivity contribution in [3.8, 4) is 0 Å². The topological polar surface area (TPSA) is 100 Å². The molecule has 1 aromatic rings. The van der Waals surface area contributed by atoms with E-state index in [1.165, 1.54) is 0 Å². The molecule has 0 aromatic carbocycles. The van der Waals surface area contributed by atoms with Crippen LogP contribution in [0.4, 0.5) is 0 Å². The molecule has 0 atom stereocenters. The Morgan fingerprint density at radius 2 is 2.17 bits per heavy atom. The number of carbonyl (C=O) groups is 1. The molecule has 0 saturated heterocycles. The van der Waals surface area contributed by atoms with Crippen LogP contribution >= 0.6 is 0 Å². The fourth-order valence-electron chi connectivity index (χ4n) is 1.18. The summed E-state index contributed by atoms with van der Waals surface area (Å²) in [5, 5.41) is 17.7. The number of aromatic nitrogens is 3. The van der Waals surface area contributed by atoms with Gasteiger partial charge in [0, 0.05) is 12.0 Å². The highest BCUT2D eigenvalue weighted by Gasteiger charge is 2.20. The minimum atomic E-state index is -0.339. The molecule has 0 radical (unpaired) electrons. The minimum absolute atomic E-state index is 0.0240. The van der Waals surface area contributed by atoms with Gasteiger partial charge >= 0.3 is 0 Å². The van der Waals surface area contributed by atoms with Crippen LogP contribution in [0.2, 0.25) is 0 Å². The van der Waals surface area contributed by atoms with Gasteiger partial charge < -0.3 is 15.2 Å². The largest absolute Gasteiger partial charge is 0.394 e.